The van der Waals surface area contributed by atoms with Crippen LogP contribution in [0.2, 0.25) is 5.02 Å². The van der Waals surface area contributed by atoms with Crippen LogP contribution in [0.15, 0.2) is 48.5 Å². The fraction of sp³-hybridized carbons (Fsp3) is 0.375. The Hall–Kier alpha value is -2.61. The molecule has 2 heterocycles. The van der Waals surface area contributed by atoms with Crippen molar-refractivity contribution in [1.29, 1.82) is 0 Å². The molecule has 8 heteroatoms. The second-order valence-electron chi connectivity index (χ2n) is 8.17. The topological polar surface area (TPSA) is 68.1 Å². The van der Waals surface area contributed by atoms with E-state index in [1.54, 1.807) is 24.3 Å². The van der Waals surface area contributed by atoms with E-state index in [1.165, 1.54) is 34.1 Å². The van der Waals surface area contributed by atoms with E-state index in [0.717, 1.165) is 32.8 Å². The number of amides is 1. The number of rotatable bonds is 7. The van der Waals surface area contributed by atoms with Gasteiger partial charge in [0.15, 0.2) is 5.78 Å². The molecule has 0 radical (unpaired) electrons. The molecule has 2 aromatic rings. The molecule has 0 aromatic heterocycles. The predicted octanol–water partition coefficient (Wildman–Crippen LogP) is 1.74. The van der Waals surface area contributed by atoms with E-state index >= 15 is 0 Å². The van der Waals surface area contributed by atoms with Crippen molar-refractivity contribution in [3.63, 3.8) is 0 Å². The van der Waals surface area contributed by atoms with Gasteiger partial charge in [0, 0.05) is 23.6 Å². The number of halogens is 2. The monoisotopic (exact) mass is 459 g/mol. The van der Waals surface area contributed by atoms with Crippen LogP contribution in [0, 0.1) is 11.7 Å². The van der Waals surface area contributed by atoms with Gasteiger partial charge in [-0.15, -0.1) is 0 Å². The molecule has 4 rings (SSSR count). The normalized spacial score (nSPS) is 21.9. The summed E-state index contributed by atoms with van der Waals surface area (Å²) in [6, 6.07) is 11.2. The third-order valence-corrected chi connectivity index (χ3v) is 6.41. The van der Waals surface area contributed by atoms with Gasteiger partial charge in [0.25, 0.3) is 5.91 Å². The number of Topliss-reactive ketones (excluding diaryl/α,β-unsaturated/α-hetero) is 2. The summed E-state index contributed by atoms with van der Waals surface area (Å²) in [5.41, 5.74) is 0.879. The number of nitrogens with one attached hydrogen (secondary N) is 1. The van der Waals surface area contributed by atoms with Gasteiger partial charge >= 0.3 is 0 Å². The molecule has 2 atom stereocenters. The highest BCUT2D eigenvalue weighted by Crippen LogP contribution is 2.38. The molecule has 2 aromatic carbocycles. The van der Waals surface area contributed by atoms with E-state index < -0.39 is 35.3 Å². The number of likely N-dealkylation sites (tertiary alicyclic amines) is 1. The Labute approximate surface area is 190 Å². The largest absolute Gasteiger partial charge is 0.370 e. The summed E-state index contributed by atoms with van der Waals surface area (Å²) in [5.74, 6) is -3.51. The van der Waals surface area contributed by atoms with Crippen LogP contribution in [0.5, 0.6) is 0 Å². The molecular weight excluding hydrogens is 435 g/mol. The lowest BCUT2D eigenvalue weighted by atomic mass is 9.86. The van der Waals surface area contributed by atoms with Crippen LogP contribution >= 0.6 is 11.6 Å². The first kappa shape index (κ1) is 22.6. The Morgan fingerprint density at radius 1 is 1.06 bits per heavy atom. The molecule has 0 spiro atoms. The van der Waals surface area contributed by atoms with Gasteiger partial charge in [0.2, 0.25) is 5.78 Å². The number of quaternary nitrogens is 1. The number of ketones is 2. The van der Waals surface area contributed by atoms with Gasteiger partial charge in [-0.25, -0.2) is 4.39 Å². The van der Waals surface area contributed by atoms with Crippen LogP contribution in [0.1, 0.15) is 28.4 Å². The summed E-state index contributed by atoms with van der Waals surface area (Å²) in [6.45, 7) is 4.50. The fourth-order valence-corrected chi connectivity index (χ4v) is 4.59. The second-order valence-corrected chi connectivity index (χ2v) is 8.61. The summed E-state index contributed by atoms with van der Waals surface area (Å²) >= 11 is 6.03. The number of ether oxygens (including phenoxy) is 1. The lowest BCUT2D eigenvalue weighted by molar-refractivity contribution is -0.908. The van der Waals surface area contributed by atoms with Gasteiger partial charge in [-0.2, -0.15) is 0 Å². The van der Waals surface area contributed by atoms with Crippen LogP contribution in [0.25, 0.3) is 0 Å². The maximum absolute atomic E-state index is 13.3. The van der Waals surface area contributed by atoms with E-state index in [-0.39, 0.29) is 5.56 Å². The molecule has 2 aliphatic rings. The Morgan fingerprint density at radius 3 is 2.38 bits per heavy atom. The predicted molar refractivity (Wildman–Crippen MR) is 116 cm³/mol. The van der Waals surface area contributed by atoms with Crippen LogP contribution in [0.3, 0.4) is 0 Å². The molecule has 2 saturated heterocycles. The Morgan fingerprint density at radius 2 is 1.72 bits per heavy atom. The third kappa shape index (κ3) is 4.75. The Balaban J connectivity index is 1.60. The Kier molecular flexibility index (Phi) is 6.98. The zero-order chi connectivity index (χ0) is 22.7. The number of hydrogen-bond acceptors (Lipinski definition) is 4. The van der Waals surface area contributed by atoms with Crippen molar-refractivity contribution in [1.82, 2.24) is 4.90 Å². The first-order chi connectivity index (χ1) is 15.5. The molecule has 2 fully saturated rings. The highest BCUT2D eigenvalue weighted by Gasteiger charge is 2.51. The van der Waals surface area contributed by atoms with Crippen LogP contribution in [-0.4, -0.2) is 61.8 Å². The minimum atomic E-state index is -1.18. The molecule has 1 amide bonds. The number of nitrogens with zero attached hydrogens (tertiary/aromatic N) is 1. The van der Waals surface area contributed by atoms with Crippen molar-refractivity contribution < 1.29 is 28.4 Å². The average Bonchev–Trinajstić information content (AvgIpc) is 3.05. The Bertz CT molecular complexity index is 990. The smallest absolute Gasteiger partial charge is 0.291 e. The molecule has 2 unspecified atom stereocenters. The van der Waals surface area contributed by atoms with Crippen molar-refractivity contribution in [2.24, 2.45) is 5.92 Å². The molecular formula is C24H25ClFN2O4+. The molecule has 168 valence electrons. The van der Waals surface area contributed by atoms with E-state index in [1.807, 2.05) is 0 Å². The molecule has 0 aliphatic carbocycles. The van der Waals surface area contributed by atoms with E-state index in [2.05, 4.69) is 0 Å². The van der Waals surface area contributed by atoms with Gasteiger partial charge in [-0.3, -0.25) is 14.4 Å². The lowest BCUT2D eigenvalue weighted by Crippen LogP contribution is -3.14. The molecule has 32 heavy (non-hydrogen) atoms. The van der Waals surface area contributed by atoms with E-state index in [9.17, 15) is 18.8 Å². The SMILES string of the molecule is O=C1C(=O)N(CCC[NH+]2CCOCC2)C(c2ccc(Cl)cc2)C1C(=O)c1ccc(F)cc1. The highest BCUT2D eigenvalue weighted by atomic mass is 35.5. The van der Waals surface area contributed by atoms with Gasteiger partial charge in [0.05, 0.1) is 25.8 Å². The summed E-state index contributed by atoms with van der Waals surface area (Å²) < 4.78 is 18.7. The summed E-state index contributed by atoms with van der Waals surface area (Å²) in [7, 11) is 0. The van der Waals surface area contributed by atoms with E-state index in [4.69, 9.17) is 16.3 Å². The van der Waals surface area contributed by atoms with Crippen LogP contribution in [0.4, 0.5) is 4.39 Å². The van der Waals surface area contributed by atoms with Crippen molar-refractivity contribution in [2.45, 2.75) is 12.5 Å². The maximum atomic E-state index is 13.3. The number of carbonyl (C=O) groups excluding carboxylic acids is 3. The summed E-state index contributed by atoms with van der Waals surface area (Å²) in [4.78, 5) is 42.1. The van der Waals surface area contributed by atoms with Crippen molar-refractivity contribution in [2.75, 3.05) is 39.4 Å². The first-order valence-corrected chi connectivity index (χ1v) is 11.1. The summed E-state index contributed by atoms with van der Waals surface area (Å²) in [5, 5.41) is 0.522. The van der Waals surface area contributed by atoms with Gasteiger partial charge in [-0.1, -0.05) is 23.7 Å². The number of carbonyl (C=O) groups is 3. The van der Waals surface area contributed by atoms with Crippen molar-refractivity contribution in [3.8, 4) is 0 Å². The van der Waals surface area contributed by atoms with Gasteiger partial charge in [-0.05, 0) is 42.0 Å². The molecule has 1 N–H and O–H groups in total. The number of benzene rings is 2. The zero-order valence-electron chi connectivity index (χ0n) is 17.6. The highest BCUT2D eigenvalue weighted by molar-refractivity contribution is 6.44. The zero-order valence-corrected chi connectivity index (χ0v) is 18.3. The van der Waals surface area contributed by atoms with E-state index in [0.29, 0.717) is 23.6 Å². The molecule has 0 bridgehead atoms. The van der Waals surface area contributed by atoms with Crippen LogP contribution < -0.4 is 4.90 Å². The summed E-state index contributed by atoms with van der Waals surface area (Å²) in [6.07, 6.45) is 0.704. The minimum absolute atomic E-state index is 0.205. The van der Waals surface area contributed by atoms with Crippen molar-refractivity contribution in [3.05, 3.63) is 70.5 Å². The number of morpholine rings is 1. The standard InChI is InChI=1S/C24H24ClFN2O4/c25-18-6-2-16(3-7-18)21-20(22(29)17-4-8-19(26)9-5-17)23(30)24(31)28(21)11-1-10-27-12-14-32-15-13-27/h2-9,20-21H,1,10-15H2/p+1. The first-order valence-electron chi connectivity index (χ1n) is 10.8. The minimum Gasteiger partial charge on any atom is -0.370 e. The molecule has 2 aliphatic heterocycles. The second kappa shape index (κ2) is 9.90. The van der Waals surface area contributed by atoms with Gasteiger partial charge in [0.1, 0.15) is 24.8 Å². The lowest BCUT2D eigenvalue weighted by Gasteiger charge is -2.29. The molecule has 6 nitrogen and oxygen atoms in total. The fourth-order valence-electron chi connectivity index (χ4n) is 4.46. The average molecular weight is 460 g/mol. The quantitative estimate of drug-likeness (QED) is 0.389. The van der Waals surface area contributed by atoms with Gasteiger partial charge < -0.3 is 14.5 Å². The maximum Gasteiger partial charge on any atom is 0.291 e. The van der Waals surface area contributed by atoms with Crippen molar-refractivity contribution >= 4 is 29.1 Å². The number of hydrogen-bond donors (Lipinski definition) is 1. The third-order valence-electron chi connectivity index (χ3n) is 6.16. The molecule has 0 saturated carbocycles. The van der Waals surface area contributed by atoms with Crippen LogP contribution in [-0.2, 0) is 14.3 Å².